The maximum absolute atomic E-state index is 13.2. The normalized spacial score (nSPS) is 11.9. The number of amides is 2. The van der Waals surface area contributed by atoms with Gasteiger partial charge >= 0.3 is 0 Å². The minimum absolute atomic E-state index is 0.0513. The smallest absolute Gasteiger partial charge is 0.246 e. The van der Waals surface area contributed by atoms with Crippen LogP contribution in [-0.4, -0.2) is 51.2 Å². The summed E-state index contributed by atoms with van der Waals surface area (Å²) in [4.78, 5) is 32.4. The molecule has 1 aromatic carbocycles. The number of nitrogens with one attached hydrogen (secondary N) is 1. The third-order valence-corrected chi connectivity index (χ3v) is 5.98. The Bertz CT molecular complexity index is 1140. The molecule has 0 aliphatic carbocycles. The molecule has 2 amide bonds. The van der Waals surface area contributed by atoms with Crippen molar-refractivity contribution in [2.45, 2.75) is 53.0 Å². The van der Waals surface area contributed by atoms with E-state index in [1.54, 1.807) is 23.6 Å². The molecule has 0 bridgehead atoms. The molecule has 1 N–H and O–H groups in total. The number of aryl methyl sites for hydroxylation is 3. The van der Waals surface area contributed by atoms with Gasteiger partial charge in [0.1, 0.15) is 6.04 Å². The molecule has 0 aliphatic heterocycles. The van der Waals surface area contributed by atoms with Crippen molar-refractivity contribution in [1.82, 2.24) is 19.7 Å². The van der Waals surface area contributed by atoms with Crippen LogP contribution in [0.1, 0.15) is 43.5 Å². The zero-order valence-corrected chi connectivity index (χ0v) is 20.3. The number of benzene rings is 1. The van der Waals surface area contributed by atoms with Gasteiger partial charge in [0.05, 0.1) is 12.5 Å². The number of carbonyl (C=O) groups is 2. The molecule has 0 fully saturated rings. The molecule has 33 heavy (non-hydrogen) atoms. The SMILES string of the molecule is CCCN(C(=O)CCc1c(C)nc2c(c(OC)nn2C)c1C)C(C)C(=O)Nc1ccccc1. The van der Waals surface area contributed by atoms with E-state index in [1.165, 1.54) is 0 Å². The number of ether oxygens (including phenoxy) is 1. The Kier molecular flexibility index (Phi) is 7.68. The van der Waals surface area contributed by atoms with E-state index in [0.717, 1.165) is 34.3 Å². The zero-order valence-electron chi connectivity index (χ0n) is 20.3. The van der Waals surface area contributed by atoms with E-state index in [9.17, 15) is 9.59 Å². The summed E-state index contributed by atoms with van der Waals surface area (Å²) >= 11 is 0. The van der Waals surface area contributed by atoms with Crippen molar-refractivity contribution in [2.75, 3.05) is 19.0 Å². The van der Waals surface area contributed by atoms with E-state index in [4.69, 9.17) is 9.72 Å². The van der Waals surface area contributed by atoms with Gasteiger partial charge in [-0.05, 0) is 56.9 Å². The molecule has 1 atom stereocenters. The van der Waals surface area contributed by atoms with Gasteiger partial charge in [-0.3, -0.25) is 9.59 Å². The third kappa shape index (κ3) is 5.16. The van der Waals surface area contributed by atoms with E-state index < -0.39 is 6.04 Å². The Morgan fingerprint density at radius 1 is 1.21 bits per heavy atom. The second-order valence-corrected chi connectivity index (χ2v) is 8.25. The van der Waals surface area contributed by atoms with E-state index in [0.29, 0.717) is 31.0 Å². The summed E-state index contributed by atoms with van der Waals surface area (Å²) in [6, 6.07) is 8.71. The van der Waals surface area contributed by atoms with E-state index in [2.05, 4.69) is 10.4 Å². The van der Waals surface area contributed by atoms with Crippen molar-refractivity contribution in [3.05, 3.63) is 47.2 Å². The lowest BCUT2D eigenvalue weighted by molar-refractivity contribution is -0.138. The van der Waals surface area contributed by atoms with Crippen LogP contribution in [0.25, 0.3) is 11.0 Å². The molecule has 2 aromatic heterocycles. The maximum Gasteiger partial charge on any atom is 0.246 e. The van der Waals surface area contributed by atoms with Gasteiger partial charge in [-0.2, -0.15) is 0 Å². The van der Waals surface area contributed by atoms with Crippen molar-refractivity contribution in [3.63, 3.8) is 0 Å². The summed E-state index contributed by atoms with van der Waals surface area (Å²) in [7, 11) is 3.43. The Morgan fingerprint density at radius 3 is 2.55 bits per heavy atom. The van der Waals surface area contributed by atoms with Gasteiger partial charge in [-0.1, -0.05) is 25.1 Å². The molecule has 8 nitrogen and oxygen atoms in total. The number of nitrogens with zero attached hydrogens (tertiary/aromatic N) is 4. The molecule has 0 saturated carbocycles. The predicted octanol–water partition coefficient (Wildman–Crippen LogP) is 3.79. The topological polar surface area (TPSA) is 89.4 Å². The fourth-order valence-electron chi connectivity index (χ4n) is 4.17. The van der Waals surface area contributed by atoms with Crippen molar-refractivity contribution < 1.29 is 14.3 Å². The number of hydrogen-bond acceptors (Lipinski definition) is 5. The van der Waals surface area contributed by atoms with Gasteiger partial charge in [-0.25, -0.2) is 9.67 Å². The van der Waals surface area contributed by atoms with Crippen LogP contribution in [0.15, 0.2) is 30.3 Å². The molecule has 3 aromatic rings. The highest BCUT2D eigenvalue weighted by Crippen LogP contribution is 2.30. The molecule has 8 heteroatoms. The quantitative estimate of drug-likeness (QED) is 0.535. The van der Waals surface area contributed by atoms with Crippen molar-refractivity contribution >= 4 is 28.5 Å². The molecule has 0 aliphatic rings. The molecular formula is C25H33N5O3. The van der Waals surface area contributed by atoms with Crippen LogP contribution >= 0.6 is 0 Å². The van der Waals surface area contributed by atoms with Crippen LogP contribution < -0.4 is 10.1 Å². The number of methoxy groups -OCH3 is 1. The fraction of sp³-hybridized carbons (Fsp3) is 0.440. The van der Waals surface area contributed by atoms with Gasteiger partial charge in [0.2, 0.25) is 17.7 Å². The van der Waals surface area contributed by atoms with Crippen molar-refractivity contribution in [2.24, 2.45) is 7.05 Å². The van der Waals surface area contributed by atoms with Gasteiger partial charge < -0.3 is 15.0 Å². The third-order valence-electron chi connectivity index (χ3n) is 5.98. The Labute approximate surface area is 194 Å². The number of anilines is 1. The second-order valence-electron chi connectivity index (χ2n) is 8.25. The van der Waals surface area contributed by atoms with Crippen LogP contribution in [0.5, 0.6) is 5.88 Å². The predicted molar refractivity (Wildman–Crippen MR) is 129 cm³/mol. The molecule has 0 saturated heterocycles. The van der Waals surface area contributed by atoms with Gasteiger partial charge in [0.15, 0.2) is 5.65 Å². The second kappa shape index (κ2) is 10.5. The number of pyridine rings is 1. The van der Waals surface area contributed by atoms with E-state index in [-0.39, 0.29) is 11.8 Å². The lowest BCUT2D eigenvalue weighted by atomic mass is 9.99. The van der Waals surface area contributed by atoms with Gasteiger partial charge in [0, 0.05) is 31.4 Å². The lowest BCUT2D eigenvalue weighted by Crippen LogP contribution is -2.46. The molecule has 0 radical (unpaired) electrons. The van der Waals surface area contributed by atoms with Crippen LogP contribution in [0.4, 0.5) is 5.69 Å². The number of carbonyl (C=O) groups excluding carboxylic acids is 2. The molecule has 176 valence electrons. The van der Waals surface area contributed by atoms with Crippen LogP contribution in [0, 0.1) is 13.8 Å². The first kappa shape index (κ1) is 24.2. The zero-order chi connectivity index (χ0) is 24.1. The molecule has 1 unspecified atom stereocenters. The molecule has 2 heterocycles. The highest BCUT2D eigenvalue weighted by Gasteiger charge is 2.26. The van der Waals surface area contributed by atoms with Crippen molar-refractivity contribution in [1.29, 1.82) is 0 Å². The van der Waals surface area contributed by atoms with Crippen LogP contribution in [0.3, 0.4) is 0 Å². The van der Waals surface area contributed by atoms with E-state index >= 15 is 0 Å². The first-order valence-corrected chi connectivity index (χ1v) is 11.3. The van der Waals surface area contributed by atoms with Crippen LogP contribution in [0.2, 0.25) is 0 Å². The minimum atomic E-state index is -0.570. The summed E-state index contributed by atoms with van der Waals surface area (Å²) in [5.74, 6) is 0.284. The minimum Gasteiger partial charge on any atom is -0.479 e. The summed E-state index contributed by atoms with van der Waals surface area (Å²) in [5, 5.41) is 8.15. The molecule has 3 rings (SSSR count). The largest absolute Gasteiger partial charge is 0.479 e. The Balaban J connectivity index is 1.77. The van der Waals surface area contributed by atoms with Gasteiger partial charge in [0.25, 0.3) is 0 Å². The number of aromatic nitrogens is 3. The Hall–Kier alpha value is -3.42. The maximum atomic E-state index is 13.2. The first-order chi connectivity index (χ1) is 15.8. The first-order valence-electron chi connectivity index (χ1n) is 11.3. The average molecular weight is 452 g/mol. The summed E-state index contributed by atoms with van der Waals surface area (Å²) in [5.41, 5.74) is 4.38. The summed E-state index contributed by atoms with van der Waals surface area (Å²) in [6.45, 7) is 8.26. The standard InChI is InChI=1S/C25H33N5O3/c1-7-15-30(18(4)24(32)27-19-11-9-8-10-12-19)21(31)14-13-20-16(2)22-23(26-17(20)3)29(5)28-25(22)33-6/h8-12,18H,7,13-15H2,1-6H3,(H,27,32). The van der Waals surface area contributed by atoms with Crippen molar-refractivity contribution in [3.8, 4) is 5.88 Å². The number of para-hydroxylation sites is 1. The average Bonchev–Trinajstić information content (AvgIpc) is 3.12. The highest BCUT2D eigenvalue weighted by atomic mass is 16.5. The lowest BCUT2D eigenvalue weighted by Gasteiger charge is -2.28. The summed E-state index contributed by atoms with van der Waals surface area (Å²) in [6.07, 6.45) is 1.60. The van der Waals surface area contributed by atoms with Crippen LogP contribution in [-0.2, 0) is 23.1 Å². The number of hydrogen-bond donors (Lipinski definition) is 1. The van der Waals surface area contributed by atoms with E-state index in [1.807, 2.05) is 58.2 Å². The number of fused-ring (bicyclic) bond motifs is 1. The molecule has 0 spiro atoms. The monoisotopic (exact) mass is 451 g/mol. The fourth-order valence-corrected chi connectivity index (χ4v) is 4.17. The number of rotatable bonds is 9. The molecular weight excluding hydrogens is 418 g/mol. The Morgan fingerprint density at radius 2 is 1.91 bits per heavy atom. The summed E-state index contributed by atoms with van der Waals surface area (Å²) < 4.78 is 7.14. The van der Waals surface area contributed by atoms with Gasteiger partial charge in [-0.15, -0.1) is 5.10 Å². The highest BCUT2D eigenvalue weighted by molar-refractivity contribution is 5.97.